The molecule has 2 aromatic rings. The van der Waals surface area contributed by atoms with Crippen molar-refractivity contribution in [3.05, 3.63) is 35.4 Å². The van der Waals surface area contributed by atoms with Gasteiger partial charge in [-0.25, -0.2) is 13.8 Å². The van der Waals surface area contributed by atoms with E-state index < -0.39 is 36.0 Å². The Balaban J connectivity index is 1.54. The topological polar surface area (TPSA) is 162 Å². The summed E-state index contributed by atoms with van der Waals surface area (Å²) in [6.07, 6.45) is -0.795. The Morgan fingerprint density at radius 3 is 2.69 bits per heavy atom. The number of hydrazine groups is 1. The zero-order chi connectivity index (χ0) is 25.8. The Labute approximate surface area is 212 Å². The molecule has 0 spiro atoms. The molecule has 2 saturated carbocycles. The highest BCUT2D eigenvalue weighted by Crippen LogP contribution is 2.44. The normalized spacial score (nSPS) is 27.3. The molecule has 36 heavy (non-hydrogen) atoms. The number of nitrogens with one attached hydrogen (secondary N) is 2. The predicted molar refractivity (Wildman–Crippen MR) is 131 cm³/mol. The second kappa shape index (κ2) is 11.9. The van der Waals surface area contributed by atoms with Crippen LogP contribution >= 0.6 is 11.8 Å². The quantitative estimate of drug-likeness (QED) is 0.0899. The van der Waals surface area contributed by atoms with Gasteiger partial charge in [0.05, 0.1) is 19.3 Å². The van der Waals surface area contributed by atoms with Crippen molar-refractivity contribution >= 4 is 29.1 Å². The van der Waals surface area contributed by atoms with Crippen molar-refractivity contribution < 1.29 is 34.2 Å². The van der Waals surface area contributed by atoms with Crippen LogP contribution in [0, 0.1) is 11.6 Å². The van der Waals surface area contributed by atoms with Gasteiger partial charge in [0.15, 0.2) is 28.3 Å². The number of aliphatic hydroxyl groups excluding tert-OH is 3. The molecule has 0 unspecified atom stereocenters. The highest BCUT2D eigenvalue weighted by Gasteiger charge is 2.46. The summed E-state index contributed by atoms with van der Waals surface area (Å²) in [5.74, 6) is 5.84. The minimum Gasteiger partial charge on any atom is -0.394 e. The van der Waals surface area contributed by atoms with Gasteiger partial charge in [0, 0.05) is 24.1 Å². The molecule has 1 heterocycles. The lowest BCUT2D eigenvalue weighted by Crippen LogP contribution is -2.87. The number of rotatable bonds is 12. The first-order chi connectivity index (χ1) is 17.4. The van der Waals surface area contributed by atoms with Crippen LogP contribution in [0.15, 0.2) is 23.4 Å². The fraction of sp³-hybridized carbons (Fsp3) is 0.565. The molecule has 9 N–H and O–H groups in total. The van der Waals surface area contributed by atoms with Crippen molar-refractivity contribution in [1.29, 1.82) is 0 Å². The van der Waals surface area contributed by atoms with Crippen LogP contribution in [-0.2, 0) is 4.74 Å². The predicted octanol–water partition coefficient (Wildman–Crippen LogP) is 0.577. The van der Waals surface area contributed by atoms with E-state index in [1.165, 1.54) is 17.8 Å². The van der Waals surface area contributed by atoms with Crippen LogP contribution in [0.3, 0.4) is 0 Å². The van der Waals surface area contributed by atoms with E-state index in [9.17, 15) is 19.0 Å². The van der Waals surface area contributed by atoms with Gasteiger partial charge in [0.25, 0.3) is 5.82 Å². The van der Waals surface area contributed by atoms with E-state index in [4.69, 9.17) is 15.7 Å². The van der Waals surface area contributed by atoms with Crippen LogP contribution in [0.25, 0.3) is 0 Å². The van der Waals surface area contributed by atoms with Crippen LogP contribution < -0.4 is 21.9 Å². The van der Waals surface area contributed by atoms with Gasteiger partial charge in [-0.15, -0.1) is 0 Å². The van der Waals surface area contributed by atoms with E-state index in [1.54, 1.807) is 11.4 Å². The van der Waals surface area contributed by atoms with Crippen molar-refractivity contribution in [2.45, 2.75) is 67.7 Å². The first-order valence-corrected chi connectivity index (χ1v) is 13.0. The Hall–Kier alpha value is -2.13. The smallest absolute Gasteiger partial charge is 0.256 e. The summed E-state index contributed by atoms with van der Waals surface area (Å²) in [5.41, 5.74) is 3.78. The van der Waals surface area contributed by atoms with Crippen LogP contribution in [0.2, 0.25) is 0 Å². The minimum absolute atomic E-state index is 0.00361. The number of ether oxygens (including phenoxy) is 1. The molecule has 1 aromatic carbocycles. The third-order valence-electron chi connectivity index (χ3n) is 6.45. The van der Waals surface area contributed by atoms with Crippen molar-refractivity contribution in [3.8, 4) is 0 Å². The van der Waals surface area contributed by atoms with E-state index in [2.05, 4.69) is 27.6 Å². The van der Waals surface area contributed by atoms with Gasteiger partial charge in [0.2, 0.25) is 0 Å². The van der Waals surface area contributed by atoms with E-state index in [0.29, 0.717) is 40.9 Å². The molecule has 0 saturated heterocycles. The average Bonchev–Trinajstić information content (AvgIpc) is 3.58. The molecule has 2 fully saturated rings. The Morgan fingerprint density at radius 1 is 1.19 bits per heavy atom. The van der Waals surface area contributed by atoms with E-state index in [1.807, 2.05) is 0 Å². The average molecular weight is 528 g/mol. The number of benzene rings is 1. The summed E-state index contributed by atoms with van der Waals surface area (Å²) < 4.78 is 32.5. The second-order valence-corrected chi connectivity index (χ2v) is 10.1. The molecular weight excluding hydrogens is 494 g/mol. The van der Waals surface area contributed by atoms with Crippen LogP contribution in [-0.4, -0.2) is 74.6 Å². The molecule has 2 aliphatic rings. The molecule has 0 aliphatic heterocycles. The first-order valence-electron chi connectivity index (χ1n) is 12.0. The maximum absolute atomic E-state index is 13.7. The highest BCUT2D eigenvalue weighted by molar-refractivity contribution is 7.99. The number of anilines is 2. The van der Waals surface area contributed by atoms with Gasteiger partial charge in [-0.1, -0.05) is 24.8 Å². The van der Waals surface area contributed by atoms with Crippen LogP contribution in [0.5, 0.6) is 0 Å². The number of nitrogen functional groups attached to an aromatic ring is 1. The van der Waals surface area contributed by atoms with Crippen molar-refractivity contribution in [2.75, 3.05) is 29.7 Å². The summed E-state index contributed by atoms with van der Waals surface area (Å²) in [6.45, 7) is 1.94. The lowest BCUT2D eigenvalue weighted by atomic mass is 10.1. The zero-order valence-electron chi connectivity index (χ0n) is 19.9. The number of nitrogens with two attached hydrogens (primary N) is 2. The third-order valence-corrected chi connectivity index (χ3v) is 7.50. The summed E-state index contributed by atoms with van der Waals surface area (Å²) in [4.78, 5) is 9.25. The van der Waals surface area contributed by atoms with Gasteiger partial charge in [0.1, 0.15) is 18.2 Å². The number of nitrogens with zero attached hydrogens (tertiary/aromatic N) is 2. The molecule has 13 heteroatoms. The highest BCUT2D eigenvalue weighted by atomic mass is 32.2. The molecule has 2 aliphatic carbocycles. The lowest BCUT2D eigenvalue weighted by Gasteiger charge is -2.18. The Morgan fingerprint density at radius 2 is 2.00 bits per heavy atom. The van der Waals surface area contributed by atoms with Gasteiger partial charge in [-0.2, -0.15) is 4.98 Å². The lowest BCUT2D eigenvalue weighted by molar-refractivity contribution is -0.621. The monoisotopic (exact) mass is 527 g/mol. The fourth-order valence-electron chi connectivity index (χ4n) is 4.48. The number of aromatic nitrogens is 2. The summed E-state index contributed by atoms with van der Waals surface area (Å²) in [5, 5.41) is 35.6. The Bertz CT molecular complexity index is 1050. The van der Waals surface area contributed by atoms with E-state index in [0.717, 1.165) is 18.2 Å². The maximum atomic E-state index is 13.7. The first kappa shape index (κ1) is 26.9. The molecule has 0 amide bonds. The molecule has 10 nitrogen and oxygen atoms in total. The summed E-state index contributed by atoms with van der Waals surface area (Å²) in [6, 6.07) is 3.41. The van der Waals surface area contributed by atoms with Gasteiger partial charge < -0.3 is 30.8 Å². The number of hydrogen-bond donors (Lipinski definition) is 7. The number of hydrogen-bond acceptors (Lipinski definition) is 10. The molecule has 198 valence electrons. The third kappa shape index (κ3) is 6.05. The van der Waals surface area contributed by atoms with E-state index in [-0.39, 0.29) is 25.2 Å². The van der Waals surface area contributed by atoms with Crippen LogP contribution in [0.1, 0.15) is 37.7 Å². The van der Waals surface area contributed by atoms with Crippen molar-refractivity contribution in [3.63, 3.8) is 0 Å². The summed E-state index contributed by atoms with van der Waals surface area (Å²) in [7, 11) is 0. The number of quaternary nitrogens is 1. The fourth-order valence-corrected chi connectivity index (χ4v) is 5.19. The summed E-state index contributed by atoms with van der Waals surface area (Å²) >= 11 is 1.48. The SMILES string of the molecule is CCCSc1nc(N[C@@H]2C[C@H]2c2ccc(F)c(F)c2)c(NN)c([NH2+][C@@H]2C[C@H](OCCO)[C@@H](O)[C@H]2O)n1. The van der Waals surface area contributed by atoms with Gasteiger partial charge in [-0.05, 0) is 30.5 Å². The molecule has 4 rings (SSSR count). The minimum atomic E-state index is -1.09. The molecule has 0 radical (unpaired) electrons. The van der Waals surface area contributed by atoms with Gasteiger partial charge in [-0.3, -0.25) is 11.2 Å². The largest absolute Gasteiger partial charge is 0.394 e. The van der Waals surface area contributed by atoms with Gasteiger partial charge >= 0.3 is 0 Å². The molecule has 0 bridgehead atoms. The molecule has 1 aromatic heterocycles. The maximum Gasteiger partial charge on any atom is 0.256 e. The van der Waals surface area contributed by atoms with Crippen LogP contribution in [0.4, 0.5) is 26.1 Å². The molecule has 6 atom stereocenters. The van der Waals surface area contributed by atoms with Crippen molar-refractivity contribution in [1.82, 2.24) is 9.97 Å². The number of aliphatic hydroxyl groups is 3. The number of halogens is 2. The Kier molecular flexibility index (Phi) is 8.93. The van der Waals surface area contributed by atoms with E-state index >= 15 is 0 Å². The molecular formula is C23H33F2N6O4S+. The standard InChI is InChI=1S/C23H32F2N6O4S/c1-2-7-36-23-29-21(27-15-9-12(15)11-3-4-13(24)14(25)8-11)18(31-26)22(30-23)28-16-10-17(35-6-5-32)20(34)19(16)33/h3-4,8,12,15-17,19-20,31-34H,2,5-7,9-10,26H2,1H3,(H2,27,28,29,30)/p+1/t12-,15+,16+,17-,19-,20+/m0/s1. The number of thioether (sulfide) groups is 1. The second-order valence-electron chi connectivity index (χ2n) is 9.05. The zero-order valence-corrected chi connectivity index (χ0v) is 20.7. The van der Waals surface area contributed by atoms with Crippen molar-refractivity contribution in [2.24, 2.45) is 5.84 Å².